The summed E-state index contributed by atoms with van der Waals surface area (Å²) in [4.78, 5) is 50.6. The topological polar surface area (TPSA) is 151 Å². The van der Waals surface area contributed by atoms with Gasteiger partial charge in [0.15, 0.2) is 6.10 Å². The highest BCUT2D eigenvalue weighted by molar-refractivity contribution is 5.73. The molecule has 0 aliphatic heterocycles. The number of rotatable bonds is 31. The molecule has 0 N–H and O–H groups in total. The van der Waals surface area contributed by atoms with Crippen LogP contribution in [0, 0.1) is 0 Å². The van der Waals surface area contributed by atoms with Crippen molar-refractivity contribution in [3.8, 4) is 0 Å². The van der Waals surface area contributed by atoms with Gasteiger partial charge in [-0.25, -0.2) is 0 Å². The van der Waals surface area contributed by atoms with Crippen molar-refractivity contribution < 1.29 is 61.8 Å². The van der Waals surface area contributed by atoms with Gasteiger partial charge in [-0.15, -0.1) is 0 Å². The second-order valence-electron chi connectivity index (χ2n) is 19.3. The first kappa shape index (κ1) is 55.8. The van der Waals surface area contributed by atoms with Gasteiger partial charge in [-0.3, -0.25) is 19.2 Å². The SMILES string of the molecule is C=C(CCCC(=O)OC(C)(C)CCOC(C)(C)C)OCC(COC(=O)CCCC(=C)OC(C)CCOC(C)(C)C)OC(=O)CCCC(=O)OC(C)(C)CCOC(C)(C)C. The zero-order chi connectivity index (χ0) is 45.5. The average Bonchev–Trinajstić information content (AvgIpc) is 3.03. The zero-order valence-corrected chi connectivity index (χ0v) is 39.4. The van der Waals surface area contributed by atoms with Gasteiger partial charge in [0, 0.05) is 57.8 Å². The van der Waals surface area contributed by atoms with E-state index in [9.17, 15) is 19.2 Å². The van der Waals surface area contributed by atoms with Crippen molar-refractivity contribution in [2.75, 3.05) is 33.0 Å². The molecule has 13 heteroatoms. The Hall–Kier alpha value is -3.16. The van der Waals surface area contributed by atoms with Crippen molar-refractivity contribution in [3.05, 3.63) is 24.7 Å². The molecular weight excluding hydrogens is 760 g/mol. The maximum atomic E-state index is 12.9. The molecule has 0 saturated heterocycles. The summed E-state index contributed by atoms with van der Waals surface area (Å²) in [5.41, 5.74) is -2.19. The van der Waals surface area contributed by atoms with E-state index < -0.39 is 35.2 Å². The maximum absolute atomic E-state index is 12.9. The highest BCUT2D eigenvalue weighted by atomic mass is 16.6. The van der Waals surface area contributed by atoms with Gasteiger partial charge < -0.3 is 42.6 Å². The summed E-state index contributed by atoms with van der Waals surface area (Å²) in [6, 6.07) is 0. The fourth-order valence-electron chi connectivity index (χ4n) is 5.10. The minimum Gasteiger partial charge on any atom is -0.496 e. The smallest absolute Gasteiger partial charge is 0.306 e. The van der Waals surface area contributed by atoms with Crippen LogP contribution in [0.15, 0.2) is 24.7 Å². The lowest BCUT2D eigenvalue weighted by Gasteiger charge is -2.27. The molecule has 0 aromatic rings. The van der Waals surface area contributed by atoms with Crippen molar-refractivity contribution in [2.24, 2.45) is 0 Å². The van der Waals surface area contributed by atoms with Gasteiger partial charge in [-0.05, 0) is 116 Å². The van der Waals surface area contributed by atoms with Crippen molar-refractivity contribution in [2.45, 2.75) is 214 Å². The number of hydrogen-bond acceptors (Lipinski definition) is 13. The molecule has 0 aliphatic carbocycles. The Bertz CT molecular complexity index is 1280. The monoisotopic (exact) mass is 843 g/mol. The van der Waals surface area contributed by atoms with E-state index >= 15 is 0 Å². The normalized spacial score (nSPS) is 13.5. The van der Waals surface area contributed by atoms with Crippen LogP contribution in [0.25, 0.3) is 0 Å². The Balaban J connectivity index is 5.06. The number of esters is 4. The highest BCUT2D eigenvalue weighted by Crippen LogP contribution is 2.21. The fraction of sp³-hybridized carbons (Fsp3) is 0.826. The molecule has 0 rings (SSSR count). The molecule has 0 spiro atoms. The van der Waals surface area contributed by atoms with Crippen molar-refractivity contribution in [3.63, 3.8) is 0 Å². The lowest BCUT2D eigenvalue weighted by molar-refractivity contribution is -0.163. The van der Waals surface area contributed by atoms with Gasteiger partial charge in [-0.2, -0.15) is 0 Å². The van der Waals surface area contributed by atoms with E-state index in [0.29, 0.717) is 76.3 Å². The largest absolute Gasteiger partial charge is 0.496 e. The summed E-state index contributed by atoms with van der Waals surface area (Å²) in [7, 11) is 0. The molecule has 0 bridgehead atoms. The molecule has 0 aromatic heterocycles. The van der Waals surface area contributed by atoms with Crippen molar-refractivity contribution >= 4 is 23.9 Å². The van der Waals surface area contributed by atoms with Gasteiger partial charge in [0.2, 0.25) is 0 Å². The molecule has 0 fully saturated rings. The van der Waals surface area contributed by atoms with Gasteiger partial charge in [0.1, 0.15) is 24.4 Å². The van der Waals surface area contributed by atoms with Crippen LogP contribution in [-0.2, 0) is 61.8 Å². The number of allylic oxidation sites excluding steroid dienone is 2. The third kappa shape index (κ3) is 35.3. The molecule has 2 unspecified atom stereocenters. The Morgan fingerprint density at radius 2 is 0.864 bits per heavy atom. The maximum Gasteiger partial charge on any atom is 0.306 e. The summed E-state index contributed by atoms with van der Waals surface area (Å²) < 4.78 is 51.3. The lowest BCUT2D eigenvalue weighted by Crippen LogP contribution is -2.32. The summed E-state index contributed by atoms with van der Waals surface area (Å²) in [5, 5.41) is 0. The summed E-state index contributed by atoms with van der Waals surface area (Å²) in [6.07, 6.45) is 2.94. The van der Waals surface area contributed by atoms with E-state index in [1.165, 1.54) is 0 Å². The first-order valence-electron chi connectivity index (χ1n) is 21.3. The summed E-state index contributed by atoms with van der Waals surface area (Å²) in [5.74, 6) is -0.880. The molecule has 344 valence electrons. The Morgan fingerprint density at radius 3 is 1.34 bits per heavy atom. The first-order valence-corrected chi connectivity index (χ1v) is 21.3. The molecule has 0 aromatic carbocycles. The van der Waals surface area contributed by atoms with Crippen LogP contribution >= 0.6 is 0 Å². The predicted octanol–water partition coefficient (Wildman–Crippen LogP) is 9.66. The highest BCUT2D eigenvalue weighted by Gasteiger charge is 2.26. The molecule has 0 aliphatic rings. The van der Waals surface area contributed by atoms with Crippen LogP contribution in [0.2, 0.25) is 0 Å². The number of carbonyl (C=O) groups is 4. The minimum absolute atomic E-state index is 0.0222. The molecule has 0 radical (unpaired) electrons. The number of carbonyl (C=O) groups excluding carboxylic acids is 4. The molecule has 0 saturated carbocycles. The predicted molar refractivity (Wildman–Crippen MR) is 228 cm³/mol. The summed E-state index contributed by atoms with van der Waals surface area (Å²) in [6.45, 7) is 36.1. The Labute approximate surface area is 356 Å². The third-order valence-corrected chi connectivity index (χ3v) is 8.32. The first-order chi connectivity index (χ1) is 27.0. The fourth-order valence-corrected chi connectivity index (χ4v) is 5.10. The standard InChI is InChI=1S/C46H82O13/c1-34(20-17-24-40(49)58-45(13,14)27-30-54-43(7,8)9)51-32-37(33-52-38(47)22-18-21-35(2)56-36(3)26-29-53-42(4,5)6)57-39(48)23-19-25-41(50)59-46(15,16)28-31-55-44(10,11)12/h36-37H,1-2,17-33H2,3-16H3. The van der Waals surface area contributed by atoms with Crippen LogP contribution < -0.4 is 0 Å². The van der Waals surface area contributed by atoms with E-state index in [1.807, 2.05) is 96.9 Å². The third-order valence-electron chi connectivity index (χ3n) is 8.32. The van der Waals surface area contributed by atoms with Gasteiger partial charge in [-0.1, -0.05) is 13.2 Å². The van der Waals surface area contributed by atoms with E-state index in [-0.39, 0.29) is 74.2 Å². The van der Waals surface area contributed by atoms with Crippen molar-refractivity contribution in [1.29, 1.82) is 0 Å². The second kappa shape index (κ2) is 26.9. The molecule has 13 nitrogen and oxygen atoms in total. The van der Waals surface area contributed by atoms with Crippen LogP contribution in [0.5, 0.6) is 0 Å². The van der Waals surface area contributed by atoms with E-state index in [0.717, 1.165) is 0 Å². The van der Waals surface area contributed by atoms with Gasteiger partial charge in [0.25, 0.3) is 0 Å². The minimum atomic E-state index is -0.938. The van der Waals surface area contributed by atoms with Crippen LogP contribution in [0.1, 0.15) is 174 Å². The van der Waals surface area contributed by atoms with E-state index in [2.05, 4.69) is 13.2 Å². The van der Waals surface area contributed by atoms with Gasteiger partial charge in [0.05, 0.1) is 54.2 Å². The average molecular weight is 843 g/mol. The second-order valence-corrected chi connectivity index (χ2v) is 19.3. The Kier molecular flexibility index (Phi) is 25.5. The Morgan fingerprint density at radius 1 is 0.475 bits per heavy atom. The molecular formula is C46H82O13. The van der Waals surface area contributed by atoms with E-state index in [1.54, 1.807) is 0 Å². The molecule has 0 amide bonds. The van der Waals surface area contributed by atoms with Crippen molar-refractivity contribution in [1.82, 2.24) is 0 Å². The quantitative estimate of drug-likeness (QED) is 0.0370. The van der Waals surface area contributed by atoms with E-state index in [4.69, 9.17) is 42.6 Å². The zero-order valence-electron chi connectivity index (χ0n) is 39.4. The summed E-state index contributed by atoms with van der Waals surface area (Å²) >= 11 is 0. The molecule has 59 heavy (non-hydrogen) atoms. The molecule has 0 heterocycles. The molecule has 2 atom stereocenters. The number of ether oxygens (including phenoxy) is 9. The van der Waals surface area contributed by atoms with Crippen LogP contribution in [-0.4, -0.2) is 97.1 Å². The number of hydrogen-bond donors (Lipinski definition) is 0. The van der Waals surface area contributed by atoms with Crippen LogP contribution in [0.3, 0.4) is 0 Å². The lowest BCUT2D eigenvalue weighted by atomic mass is 10.1. The van der Waals surface area contributed by atoms with Gasteiger partial charge >= 0.3 is 23.9 Å². The van der Waals surface area contributed by atoms with Crippen LogP contribution in [0.4, 0.5) is 0 Å².